The molecule has 0 aliphatic carbocycles. The molecular formula is C24H26BrNO2. The Morgan fingerprint density at radius 3 is 2.29 bits per heavy atom. The van der Waals surface area contributed by atoms with Gasteiger partial charge in [0.1, 0.15) is 6.61 Å². The van der Waals surface area contributed by atoms with E-state index < -0.39 is 0 Å². The summed E-state index contributed by atoms with van der Waals surface area (Å²) in [6.07, 6.45) is 0. The molecule has 0 aliphatic rings. The molecule has 0 saturated heterocycles. The fourth-order valence-corrected chi connectivity index (χ4v) is 3.39. The third-order valence-corrected chi connectivity index (χ3v) is 4.99. The topological polar surface area (TPSA) is 30.5 Å². The number of hydrogen-bond acceptors (Lipinski definition) is 3. The van der Waals surface area contributed by atoms with Crippen LogP contribution in [0.25, 0.3) is 0 Å². The number of hydrogen-bond donors (Lipinski definition) is 1. The van der Waals surface area contributed by atoms with Crippen molar-refractivity contribution in [2.45, 2.75) is 33.9 Å². The second-order valence-corrected chi connectivity index (χ2v) is 7.72. The predicted molar refractivity (Wildman–Crippen MR) is 119 cm³/mol. The van der Waals surface area contributed by atoms with E-state index in [1.165, 1.54) is 11.1 Å². The van der Waals surface area contributed by atoms with E-state index in [4.69, 9.17) is 9.47 Å². The first-order chi connectivity index (χ1) is 13.5. The molecule has 0 fully saturated rings. The number of benzene rings is 3. The van der Waals surface area contributed by atoms with Crippen LogP contribution in [0.4, 0.5) is 5.69 Å². The van der Waals surface area contributed by atoms with Gasteiger partial charge in [-0.05, 0) is 67.8 Å². The van der Waals surface area contributed by atoms with Crippen molar-refractivity contribution in [2.75, 3.05) is 11.9 Å². The molecule has 0 heterocycles. The standard InChI is InChI=1S/C24H26BrNO2/c1-4-27-24-14-20(15-26-22-11-10-21(25)13-18(22)3)9-12-23(24)28-16-19-7-5-17(2)6-8-19/h5-14,26H,4,15-16H2,1-3H3. The van der Waals surface area contributed by atoms with E-state index in [1.54, 1.807) is 0 Å². The summed E-state index contributed by atoms with van der Waals surface area (Å²) < 4.78 is 12.9. The van der Waals surface area contributed by atoms with Crippen LogP contribution < -0.4 is 14.8 Å². The Balaban J connectivity index is 1.68. The highest BCUT2D eigenvalue weighted by Crippen LogP contribution is 2.30. The third kappa shape index (κ3) is 5.52. The Kier molecular flexibility index (Phi) is 6.99. The highest BCUT2D eigenvalue weighted by Gasteiger charge is 2.08. The number of aryl methyl sites for hydroxylation is 2. The monoisotopic (exact) mass is 439 g/mol. The molecular weight excluding hydrogens is 414 g/mol. The van der Waals surface area contributed by atoms with Gasteiger partial charge in [0.25, 0.3) is 0 Å². The van der Waals surface area contributed by atoms with Crippen LogP contribution in [-0.2, 0) is 13.2 Å². The van der Waals surface area contributed by atoms with Crippen LogP contribution in [0.15, 0.2) is 65.1 Å². The Labute approximate surface area is 175 Å². The van der Waals surface area contributed by atoms with Gasteiger partial charge in [-0.3, -0.25) is 0 Å². The average molecular weight is 440 g/mol. The maximum absolute atomic E-state index is 6.02. The summed E-state index contributed by atoms with van der Waals surface area (Å²) in [4.78, 5) is 0. The molecule has 3 rings (SSSR count). The van der Waals surface area contributed by atoms with Gasteiger partial charge in [0.2, 0.25) is 0 Å². The molecule has 0 aliphatic heterocycles. The molecule has 3 nitrogen and oxygen atoms in total. The first kappa shape index (κ1) is 20.3. The fraction of sp³-hybridized carbons (Fsp3) is 0.250. The van der Waals surface area contributed by atoms with Gasteiger partial charge in [-0.15, -0.1) is 0 Å². The Morgan fingerprint density at radius 1 is 0.821 bits per heavy atom. The molecule has 0 bridgehead atoms. The number of halogens is 1. The minimum absolute atomic E-state index is 0.524. The Bertz CT molecular complexity index is 922. The van der Waals surface area contributed by atoms with Crippen molar-refractivity contribution < 1.29 is 9.47 Å². The number of ether oxygens (including phenoxy) is 2. The van der Waals surface area contributed by atoms with Crippen molar-refractivity contribution >= 4 is 21.6 Å². The molecule has 3 aromatic rings. The number of nitrogens with one attached hydrogen (secondary N) is 1. The molecule has 0 amide bonds. The van der Waals surface area contributed by atoms with Crippen LogP contribution in [0.3, 0.4) is 0 Å². The van der Waals surface area contributed by atoms with Gasteiger partial charge < -0.3 is 14.8 Å². The molecule has 3 aromatic carbocycles. The summed E-state index contributed by atoms with van der Waals surface area (Å²) in [5, 5.41) is 3.49. The molecule has 0 spiro atoms. The van der Waals surface area contributed by atoms with E-state index in [-0.39, 0.29) is 0 Å². The predicted octanol–water partition coefficient (Wildman–Crippen LogP) is 6.66. The van der Waals surface area contributed by atoms with Gasteiger partial charge in [-0.25, -0.2) is 0 Å². The lowest BCUT2D eigenvalue weighted by molar-refractivity contribution is 0.269. The molecule has 0 unspecified atom stereocenters. The van der Waals surface area contributed by atoms with Crippen LogP contribution in [0, 0.1) is 13.8 Å². The maximum Gasteiger partial charge on any atom is 0.161 e. The van der Waals surface area contributed by atoms with E-state index in [1.807, 2.05) is 19.1 Å². The van der Waals surface area contributed by atoms with Crippen molar-refractivity contribution in [3.05, 3.63) is 87.4 Å². The van der Waals surface area contributed by atoms with E-state index in [0.29, 0.717) is 13.2 Å². The second kappa shape index (κ2) is 9.65. The molecule has 1 N–H and O–H groups in total. The van der Waals surface area contributed by atoms with Crippen LogP contribution >= 0.6 is 15.9 Å². The minimum atomic E-state index is 0.524. The largest absolute Gasteiger partial charge is 0.490 e. The van der Waals surface area contributed by atoms with E-state index >= 15 is 0 Å². The maximum atomic E-state index is 6.02. The number of rotatable bonds is 8. The fourth-order valence-electron chi connectivity index (χ4n) is 2.92. The normalized spacial score (nSPS) is 10.6. The molecule has 28 heavy (non-hydrogen) atoms. The molecule has 0 saturated carbocycles. The minimum Gasteiger partial charge on any atom is -0.490 e. The van der Waals surface area contributed by atoms with Crippen LogP contribution in [0.5, 0.6) is 11.5 Å². The quantitative estimate of drug-likeness (QED) is 0.425. The highest BCUT2D eigenvalue weighted by molar-refractivity contribution is 9.10. The first-order valence-corrected chi connectivity index (χ1v) is 10.3. The van der Waals surface area contributed by atoms with Gasteiger partial charge >= 0.3 is 0 Å². The molecule has 0 radical (unpaired) electrons. The first-order valence-electron chi connectivity index (χ1n) is 9.49. The summed E-state index contributed by atoms with van der Waals surface area (Å²) >= 11 is 3.50. The van der Waals surface area contributed by atoms with Crippen molar-refractivity contribution in [3.8, 4) is 11.5 Å². The zero-order chi connectivity index (χ0) is 19.9. The molecule has 146 valence electrons. The van der Waals surface area contributed by atoms with Crippen molar-refractivity contribution in [1.82, 2.24) is 0 Å². The molecule has 0 atom stereocenters. The van der Waals surface area contributed by atoms with Crippen LogP contribution in [-0.4, -0.2) is 6.61 Å². The SMILES string of the molecule is CCOc1cc(CNc2ccc(Br)cc2C)ccc1OCc1ccc(C)cc1. The Hall–Kier alpha value is -2.46. The van der Waals surface area contributed by atoms with Gasteiger partial charge in [0.15, 0.2) is 11.5 Å². The summed E-state index contributed by atoms with van der Waals surface area (Å²) in [5.74, 6) is 1.55. The molecule has 0 aromatic heterocycles. The van der Waals surface area contributed by atoms with E-state index in [0.717, 1.165) is 39.3 Å². The zero-order valence-electron chi connectivity index (χ0n) is 16.6. The number of anilines is 1. The van der Waals surface area contributed by atoms with Gasteiger partial charge in [-0.1, -0.05) is 51.8 Å². The van der Waals surface area contributed by atoms with Gasteiger partial charge in [0.05, 0.1) is 6.61 Å². The lowest BCUT2D eigenvalue weighted by Gasteiger charge is -2.15. The third-order valence-electron chi connectivity index (χ3n) is 4.49. The van der Waals surface area contributed by atoms with Crippen molar-refractivity contribution in [1.29, 1.82) is 0 Å². The van der Waals surface area contributed by atoms with Gasteiger partial charge in [0, 0.05) is 16.7 Å². The van der Waals surface area contributed by atoms with E-state index in [2.05, 4.69) is 83.6 Å². The van der Waals surface area contributed by atoms with Crippen molar-refractivity contribution in [3.63, 3.8) is 0 Å². The van der Waals surface area contributed by atoms with Crippen LogP contribution in [0.1, 0.15) is 29.2 Å². The van der Waals surface area contributed by atoms with Gasteiger partial charge in [-0.2, -0.15) is 0 Å². The lowest BCUT2D eigenvalue weighted by atomic mass is 10.1. The summed E-state index contributed by atoms with van der Waals surface area (Å²) in [6.45, 7) is 8.02. The Morgan fingerprint density at radius 2 is 1.57 bits per heavy atom. The highest BCUT2D eigenvalue weighted by atomic mass is 79.9. The summed E-state index contributed by atoms with van der Waals surface area (Å²) in [5.41, 5.74) is 5.87. The lowest BCUT2D eigenvalue weighted by Crippen LogP contribution is -2.04. The zero-order valence-corrected chi connectivity index (χ0v) is 18.2. The average Bonchev–Trinajstić information content (AvgIpc) is 2.68. The van der Waals surface area contributed by atoms with Crippen molar-refractivity contribution in [2.24, 2.45) is 0 Å². The second-order valence-electron chi connectivity index (χ2n) is 6.80. The summed E-state index contributed by atoms with van der Waals surface area (Å²) in [7, 11) is 0. The smallest absolute Gasteiger partial charge is 0.161 e. The van der Waals surface area contributed by atoms with E-state index in [9.17, 15) is 0 Å². The molecule has 4 heteroatoms. The van der Waals surface area contributed by atoms with Crippen LogP contribution in [0.2, 0.25) is 0 Å². The summed E-state index contributed by atoms with van der Waals surface area (Å²) in [6, 6.07) is 20.7.